The zero-order chi connectivity index (χ0) is 22.7. The van der Waals surface area contributed by atoms with E-state index in [4.69, 9.17) is 4.98 Å². The Morgan fingerprint density at radius 2 is 2.00 bits per heavy atom. The number of anilines is 1. The first-order valence-corrected chi connectivity index (χ1v) is 12.4. The average Bonchev–Trinajstić information content (AvgIpc) is 3.15. The Kier molecular flexibility index (Phi) is 6.76. The van der Waals surface area contributed by atoms with E-state index in [1.807, 2.05) is 12.1 Å². The number of nitrogens with zero attached hydrogens (tertiary/aromatic N) is 3. The van der Waals surface area contributed by atoms with Gasteiger partial charge in [-0.3, -0.25) is 4.79 Å². The molecule has 0 fully saturated rings. The third-order valence-corrected chi connectivity index (χ3v) is 7.25. The van der Waals surface area contributed by atoms with E-state index in [2.05, 4.69) is 48.9 Å². The number of nitriles is 1. The summed E-state index contributed by atoms with van der Waals surface area (Å²) >= 11 is 1.61. The number of hydrogen-bond acceptors (Lipinski definition) is 5. The van der Waals surface area contributed by atoms with Crippen LogP contribution >= 0.6 is 11.3 Å². The van der Waals surface area contributed by atoms with Crippen LogP contribution in [-0.4, -0.2) is 23.1 Å². The Hall–Kier alpha value is -2.91. The molecule has 6 heteroatoms. The molecule has 0 saturated heterocycles. The number of fused-ring (bicyclic) bond motifs is 3. The van der Waals surface area contributed by atoms with Gasteiger partial charge in [0.25, 0.3) is 5.56 Å². The summed E-state index contributed by atoms with van der Waals surface area (Å²) < 4.78 is 0. The van der Waals surface area contributed by atoms with Crippen LogP contribution in [0.1, 0.15) is 61.9 Å². The maximum atomic E-state index is 12.9. The molecule has 1 aliphatic carbocycles. The molecule has 3 aromatic rings. The highest BCUT2D eigenvalue weighted by Crippen LogP contribution is 2.36. The number of aryl methyl sites for hydroxylation is 1. The molecule has 2 aromatic heterocycles. The molecule has 0 spiro atoms. The van der Waals surface area contributed by atoms with Crippen molar-refractivity contribution >= 4 is 38.9 Å². The van der Waals surface area contributed by atoms with Crippen LogP contribution in [0.5, 0.6) is 0 Å². The molecule has 1 aliphatic rings. The van der Waals surface area contributed by atoms with Gasteiger partial charge in [-0.15, -0.1) is 11.3 Å². The Balaban J connectivity index is 1.66. The number of thiophene rings is 1. The van der Waals surface area contributed by atoms with E-state index in [-0.39, 0.29) is 5.56 Å². The molecule has 5 nitrogen and oxygen atoms in total. The van der Waals surface area contributed by atoms with Crippen molar-refractivity contribution in [2.75, 3.05) is 18.0 Å². The molecule has 0 aliphatic heterocycles. The summed E-state index contributed by atoms with van der Waals surface area (Å²) in [5.74, 6) is 0.983. The van der Waals surface area contributed by atoms with E-state index in [1.54, 1.807) is 17.4 Å². The van der Waals surface area contributed by atoms with Crippen molar-refractivity contribution in [1.29, 1.82) is 5.26 Å². The smallest absolute Gasteiger partial charge is 0.260 e. The van der Waals surface area contributed by atoms with Gasteiger partial charge in [0.1, 0.15) is 10.9 Å². The molecule has 32 heavy (non-hydrogen) atoms. The molecule has 4 rings (SSSR count). The number of benzene rings is 1. The molecule has 1 aromatic carbocycles. The summed E-state index contributed by atoms with van der Waals surface area (Å²) in [4.78, 5) is 24.9. The molecule has 1 N–H and O–H groups in total. The van der Waals surface area contributed by atoms with E-state index in [0.29, 0.717) is 22.7 Å². The van der Waals surface area contributed by atoms with Crippen molar-refractivity contribution in [2.24, 2.45) is 5.92 Å². The molecular weight excluding hydrogens is 416 g/mol. The van der Waals surface area contributed by atoms with Gasteiger partial charge >= 0.3 is 0 Å². The van der Waals surface area contributed by atoms with Gasteiger partial charge in [0, 0.05) is 23.7 Å². The molecule has 166 valence electrons. The summed E-state index contributed by atoms with van der Waals surface area (Å²) in [6.45, 7) is 8.69. The Labute approximate surface area is 193 Å². The largest absolute Gasteiger partial charge is 0.372 e. The number of aromatic amines is 1. The van der Waals surface area contributed by atoms with E-state index in [9.17, 15) is 10.1 Å². The first-order chi connectivity index (χ1) is 15.5. The Morgan fingerprint density at radius 3 is 2.66 bits per heavy atom. The number of aromatic nitrogens is 2. The van der Waals surface area contributed by atoms with Gasteiger partial charge in [-0.1, -0.05) is 32.9 Å². The summed E-state index contributed by atoms with van der Waals surface area (Å²) in [7, 11) is 0. The lowest BCUT2D eigenvalue weighted by Crippen LogP contribution is -2.24. The van der Waals surface area contributed by atoms with Gasteiger partial charge in [0.05, 0.1) is 11.0 Å². The first-order valence-electron chi connectivity index (χ1n) is 11.6. The maximum absolute atomic E-state index is 12.9. The summed E-state index contributed by atoms with van der Waals surface area (Å²) in [6.07, 6.45) is 7.05. The first kappa shape index (κ1) is 22.3. The van der Waals surface area contributed by atoms with E-state index in [0.717, 1.165) is 61.2 Å². The molecule has 2 heterocycles. The second-order valence-corrected chi connectivity index (χ2v) is 9.78. The number of allylic oxidation sites excluding steroid dienone is 1. The lowest BCUT2D eigenvalue weighted by atomic mass is 9.89. The lowest BCUT2D eigenvalue weighted by Gasteiger charge is -2.23. The lowest BCUT2D eigenvalue weighted by molar-refractivity contribution is 0.509. The van der Waals surface area contributed by atoms with Gasteiger partial charge in [-0.25, -0.2) is 4.98 Å². The fourth-order valence-electron chi connectivity index (χ4n) is 4.49. The maximum Gasteiger partial charge on any atom is 0.260 e. The fourth-order valence-corrected chi connectivity index (χ4v) is 5.87. The monoisotopic (exact) mass is 446 g/mol. The highest BCUT2D eigenvalue weighted by molar-refractivity contribution is 7.18. The number of H-pyrrole nitrogens is 1. The fraction of sp³-hybridized carbons (Fsp3) is 0.423. The second kappa shape index (κ2) is 9.70. The van der Waals surface area contributed by atoms with E-state index >= 15 is 0 Å². The zero-order valence-corrected chi connectivity index (χ0v) is 19.9. The van der Waals surface area contributed by atoms with Crippen LogP contribution < -0.4 is 10.5 Å². The topological polar surface area (TPSA) is 72.8 Å². The van der Waals surface area contributed by atoms with Crippen LogP contribution in [0.3, 0.4) is 0 Å². The van der Waals surface area contributed by atoms with Crippen molar-refractivity contribution in [2.45, 2.75) is 52.9 Å². The molecule has 0 amide bonds. The average molecular weight is 447 g/mol. The van der Waals surface area contributed by atoms with E-state index < -0.39 is 0 Å². The molecule has 0 unspecified atom stereocenters. The standard InChI is InChI=1S/C26H30N4OS/c1-4-12-30(13-5-2)20-9-7-18(8-10-20)15-19(16-27)24-28-25(31)23-21-11-6-17(3)14-22(21)32-26(23)29-24/h7-10,15,17H,4-6,11-14H2,1-3H3,(H,28,29,31)/b19-15+/t17-/m1/s1. The molecular formula is C26H30N4OS. The van der Waals surface area contributed by atoms with Crippen molar-refractivity contribution in [3.8, 4) is 6.07 Å². The number of hydrogen-bond donors (Lipinski definition) is 1. The Bertz CT molecular complexity index is 1220. The van der Waals surface area contributed by atoms with Gasteiger partial charge in [-0.2, -0.15) is 5.26 Å². The zero-order valence-electron chi connectivity index (χ0n) is 19.1. The van der Waals surface area contributed by atoms with Crippen LogP contribution in [0.25, 0.3) is 21.9 Å². The number of nitrogens with one attached hydrogen (secondary N) is 1. The minimum absolute atomic E-state index is 0.136. The van der Waals surface area contributed by atoms with Crippen LogP contribution in [0, 0.1) is 17.2 Å². The van der Waals surface area contributed by atoms with Crippen molar-refractivity contribution in [3.63, 3.8) is 0 Å². The summed E-state index contributed by atoms with van der Waals surface area (Å²) in [5.41, 5.74) is 3.50. The van der Waals surface area contributed by atoms with Crippen molar-refractivity contribution in [1.82, 2.24) is 9.97 Å². The van der Waals surface area contributed by atoms with Crippen molar-refractivity contribution < 1.29 is 0 Å². The summed E-state index contributed by atoms with van der Waals surface area (Å²) in [5, 5.41) is 10.5. The van der Waals surface area contributed by atoms with Crippen LogP contribution in [0.4, 0.5) is 5.69 Å². The van der Waals surface area contributed by atoms with Crippen LogP contribution in [0.15, 0.2) is 29.1 Å². The highest BCUT2D eigenvalue weighted by atomic mass is 32.1. The predicted molar refractivity (Wildman–Crippen MR) is 134 cm³/mol. The molecule has 0 saturated carbocycles. The molecule has 1 atom stereocenters. The predicted octanol–water partition coefficient (Wildman–Crippen LogP) is 5.80. The number of rotatable bonds is 7. The second-order valence-electron chi connectivity index (χ2n) is 8.69. The van der Waals surface area contributed by atoms with Crippen molar-refractivity contribution in [3.05, 3.63) is 56.4 Å². The molecule has 0 bridgehead atoms. The van der Waals surface area contributed by atoms with Gasteiger partial charge in [0.15, 0.2) is 5.82 Å². The van der Waals surface area contributed by atoms with Crippen LogP contribution in [-0.2, 0) is 12.8 Å². The normalized spacial score (nSPS) is 16.1. The SMILES string of the molecule is CCCN(CCC)c1ccc(/C=C(\C#N)c2nc3sc4c(c3c(=O)[nH]2)CC[C@@H](C)C4)cc1. The summed E-state index contributed by atoms with van der Waals surface area (Å²) in [6, 6.07) is 10.5. The third-order valence-electron chi connectivity index (χ3n) is 6.10. The van der Waals surface area contributed by atoms with Gasteiger partial charge < -0.3 is 9.88 Å². The minimum Gasteiger partial charge on any atom is -0.372 e. The highest BCUT2D eigenvalue weighted by Gasteiger charge is 2.23. The third kappa shape index (κ3) is 4.49. The quantitative estimate of drug-likeness (QED) is 0.466. The van der Waals surface area contributed by atoms with E-state index in [1.165, 1.54) is 10.6 Å². The van der Waals surface area contributed by atoms with Gasteiger partial charge in [0.2, 0.25) is 0 Å². The van der Waals surface area contributed by atoms with Crippen LogP contribution in [0.2, 0.25) is 0 Å². The molecule has 0 radical (unpaired) electrons. The van der Waals surface area contributed by atoms with Gasteiger partial charge in [-0.05, 0) is 67.4 Å². The Morgan fingerprint density at radius 1 is 1.28 bits per heavy atom. The minimum atomic E-state index is -0.136.